The minimum absolute atomic E-state index is 0.187. The largest absolute Gasteiger partial charge is 0.370 e. The first-order valence-corrected chi connectivity index (χ1v) is 14.0. The van der Waals surface area contributed by atoms with Crippen molar-refractivity contribution in [1.82, 2.24) is 0 Å². The van der Waals surface area contributed by atoms with Gasteiger partial charge >= 0.3 is 0 Å². The Morgan fingerprint density at radius 3 is 2.16 bits per heavy atom. The first-order valence-electron chi connectivity index (χ1n) is 14.0. The predicted octanol–water partition coefficient (Wildman–Crippen LogP) is 8.80. The normalized spacial score (nSPS) is 55.1. The fourth-order valence-corrected chi connectivity index (χ4v) is 10.9. The zero-order chi connectivity index (χ0) is 22.5. The molecule has 0 aromatic heterocycles. The predicted molar refractivity (Wildman–Crippen MR) is 131 cm³/mol. The van der Waals surface area contributed by atoms with Gasteiger partial charge in [-0.15, -0.1) is 0 Å². The third kappa shape index (κ3) is 2.83. The Morgan fingerprint density at radius 2 is 1.45 bits per heavy atom. The highest BCUT2D eigenvalue weighted by atomic mass is 16.5. The quantitative estimate of drug-likeness (QED) is 0.434. The molecule has 31 heavy (non-hydrogen) atoms. The summed E-state index contributed by atoms with van der Waals surface area (Å²) >= 11 is 0. The van der Waals surface area contributed by atoms with Gasteiger partial charge in [-0.05, 0) is 104 Å². The Kier molecular flexibility index (Phi) is 4.96. The summed E-state index contributed by atoms with van der Waals surface area (Å²) in [5.41, 5.74) is 2.53. The van der Waals surface area contributed by atoms with Crippen molar-refractivity contribution in [3.63, 3.8) is 0 Å². The Morgan fingerprint density at radius 1 is 0.774 bits per heavy atom. The lowest BCUT2D eigenvalue weighted by molar-refractivity contribution is -0.249. The third-order valence-corrected chi connectivity index (χ3v) is 12.9. The molecule has 8 atom stereocenters. The van der Waals surface area contributed by atoms with Crippen LogP contribution in [0.25, 0.3) is 0 Å². The van der Waals surface area contributed by atoms with E-state index in [1.807, 2.05) is 0 Å². The molecule has 3 aliphatic carbocycles. The van der Waals surface area contributed by atoms with Crippen LogP contribution in [0.1, 0.15) is 132 Å². The highest BCUT2D eigenvalue weighted by molar-refractivity contribution is 5.24. The minimum Gasteiger partial charge on any atom is -0.370 e. The topological polar surface area (TPSA) is 9.23 Å². The van der Waals surface area contributed by atoms with Gasteiger partial charge in [0, 0.05) is 5.41 Å². The Balaban J connectivity index is 1.43. The summed E-state index contributed by atoms with van der Waals surface area (Å²) in [4.78, 5) is 0. The monoisotopic (exact) mass is 428 g/mol. The summed E-state index contributed by atoms with van der Waals surface area (Å²) in [6, 6.07) is 0. The van der Waals surface area contributed by atoms with E-state index in [-0.39, 0.29) is 5.60 Å². The van der Waals surface area contributed by atoms with Gasteiger partial charge in [0.25, 0.3) is 0 Å². The SMILES string of the molecule is CC(C)CCC[C@]1(C)CC[C@]2(C)[C@H]3CC[C@H]4C(C)(C)[C@@H]5CC[C@]4(O5)[C@]3(C)CC[C@@]2(C)C1. The van der Waals surface area contributed by atoms with E-state index in [4.69, 9.17) is 4.74 Å². The molecule has 0 unspecified atom stereocenters. The molecule has 5 aliphatic rings. The van der Waals surface area contributed by atoms with Gasteiger partial charge in [-0.1, -0.05) is 68.2 Å². The molecule has 0 radical (unpaired) electrons. The second-order valence-corrected chi connectivity index (χ2v) is 15.2. The van der Waals surface area contributed by atoms with Gasteiger partial charge in [-0.2, -0.15) is 0 Å². The maximum Gasteiger partial charge on any atom is 0.0777 e. The minimum atomic E-state index is 0.187. The van der Waals surface area contributed by atoms with Crippen LogP contribution in [0, 0.1) is 44.8 Å². The molecule has 2 heterocycles. The Hall–Kier alpha value is -0.0400. The first kappa shape index (κ1) is 22.7. The summed E-state index contributed by atoms with van der Waals surface area (Å²) in [6.45, 7) is 20.6. The van der Waals surface area contributed by atoms with E-state index in [1.54, 1.807) is 0 Å². The maximum absolute atomic E-state index is 7.13. The molecule has 2 aliphatic heterocycles. The average Bonchev–Trinajstić information content (AvgIpc) is 3.20. The van der Waals surface area contributed by atoms with Crippen molar-refractivity contribution in [3.05, 3.63) is 0 Å². The van der Waals surface area contributed by atoms with Gasteiger partial charge in [0.1, 0.15) is 0 Å². The molecule has 2 bridgehead atoms. The zero-order valence-corrected chi connectivity index (χ0v) is 22.2. The summed E-state index contributed by atoms with van der Waals surface area (Å²) in [7, 11) is 0. The van der Waals surface area contributed by atoms with Crippen molar-refractivity contribution in [1.29, 1.82) is 0 Å². The molecule has 1 heteroatoms. The van der Waals surface area contributed by atoms with Gasteiger partial charge < -0.3 is 4.74 Å². The van der Waals surface area contributed by atoms with E-state index < -0.39 is 0 Å². The van der Waals surface area contributed by atoms with Crippen LogP contribution in [-0.2, 0) is 4.74 Å². The lowest BCUT2D eigenvalue weighted by Crippen LogP contribution is -2.67. The van der Waals surface area contributed by atoms with Crippen LogP contribution in [-0.4, -0.2) is 11.7 Å². The first-order chi connectivity index (χ1) is 14.3. The van der Waals surface area contributed by atoms with Crippen molar-refractivity contribution in [3.8, 4) is 0 Å². The number of ether oxygens (including phenoxy) is 1. The highest BCUT2D eigenvalue weighted by Gasteiger charge is 2.76. The smallest absolute Gasteiger partial charge is 0.0777 e. The molecule has 0 aromatic carbocycles. The lowest BCUT2D eigenvalue weighted by atomic mass is 9.33. The van der Waals surface area contributed by atoms with Crippen LogP contribution in [0.2, 0.25) is 0 Å². The van der Waals surface area contributed by atoms with E-state index >= 15 is 0 Å². The second-order valence-electron chi connectivity index (χ2n) is 15.2. The van der Waals surface area contributed by atoms with Crippen LogP contribution >= 0.6 is 0 Å². The van der Waals surface area contributed by atoms with Crippen molar-refractivity contribution in [2.75, 3.05) is 0 Å². The van der Waals surface area contributed by atoms with Crippen molar-refractivity contribution in [2.45, 2.75) is 144 Å². The molecular weight excluding hydrogens is 376 g/mol. The fourth-order valence-electron chi connectivity index (χ4n) is 10.9. The molecule has 3 saturated carbocycles. The van der Waals surface area contributed by atoms with Gasteiger partial charge in [0.15, 0.2) is 0 Å². The van der Waals surface area contributed by atoms with Crippen LogP contribution in [0.3, 0.4) is 0 Å². The van der Waals surface area contributed by atoms with Crippen molar-refractivity contribution in [2.24, 2.45) is 44.8 Å². The van der Waals surface area contributed by atoms with Crippen molar-refractivity contribution < 1.29 is 4.74 Å². The van der Waals surface area contributed by atoms with Crippen LogP contribution in [0.15, 0.2) is 0 Å². The van der Waals surface area contributed by atoms with Gasteiger partial charge in [0.05, 0.1) is 11.7 Å². The van der Waals surface area contributed by atoms with E-state index in [0.717, 1.165) is 17.8 Å². The summed E-state index contributed by atoms with van der Waals surface area (Å²) in [5.74, 6) is 2.49. The molecule has 5 fully saturated rings. The Bertz CT molecular complexity index is 724. The van der Waals surface area contributed by atoms with Crippen LogP contribution < -0.4 is 0 Å². The van der Waals surface area contributed by atoms with E-state index in [2.05, 4.69) is 55.4 Å². The number of rotatable bonds is 4. The highest BCUT2D eigenvalue weighted by Crippen LogP contribution is 2.78. The van der Waals surface area contributed by atoms with Gasteiger partial charge in [-0.25, -0.2) is 0 Å². The zero-order valence-electron chi connectivity index (χ0n) is 22.2. The molecular formula is C30H52O. The summed E-state index contributed by atoms with van der Waals surface area (Å²) < 4.78 is 7.13. The van der Waals surface area contributed by atoms with E-state index in [1.165, 1.54) is 77.0 Å². The summed E-state index contributed by atoms with van der Waals surface area (Å²) in [6.07, 6.45) is 17.5. The molecule has 1 spiro atoms. The molecule has 2 saturated heterocycles. The average molecular weight is 429 g/mol. The van der Waals surface area contributed by atoms with Crippen LogP contribution in [0.5, 0.6) is 0 Å². The van der Waals surface area contributed by atoms with Gasteiger partial charge in [0.2, 0.25) is 0 Å². The van der Waals surface area contributed by atoms with E-state index in [9.17, 15) is 0 Å². The molecule has 178 valence electrons. The maximum atomic E-state index is 7.13. The Labute approximate surface area is 193 Å². The second kappa shape index (κ2) is 6.76. The van der Waals surface area contributed by atoms with Crippen LogP contribution in [0.4, 0.5) is 0 Å². The summed E-state index contributed by atoms with van der Waals surface area (Å²) in [5, 5.41) is 0. The standard InChI is InChI=1S/C30H52O/c1-21(2)10-9-14-26(5)16-18-28(7)23-12-11-22-25(3,4)24-13-15-30(22,31-24)29(23,8)19-17-27(28,6)20-26/h21-24H,9-20H2,1-8H3/t22-,23+,24-,26+,27-,28+,29+,30+/m0/s1. The molecule has 0 N–H and O–H groups in total. The van der Waals surface area contributed by atoms with Crippen molar-refractivity contribution >= 4 is 0 Å². The number of fused-ring (bicyclic) bond motifs is 4. The lowest BCUT2D eigenvalue weighted by Gasteiger charge is -2.71. The molecule has 5 rings (SSSR count). The van der Waals surface area contributed by atoms with E-state index in [0.29, 0.717) is 33.2 Å². The van der Waals surface area contributed by atoms with Gasteiger partial charge in [-0.3, -0.25) is 0 Å². The molecule has 0 aromatic rings. The fraction of sp³-hybridized carbons (Fsp3) is 1.00. The third-order valence-electron chi connectivity index (χ3n) is 12.9. The molecule has 1 nitrogen and oxygen atoms in total. The number of hydrogen-bond acceptors (Lipinski definition) is 1. The molecule has 0 amide bonds. The number of hydrogen-bond donors (Lipinski definition) is 0.